The van der Waals surface area contributed by atoms with Crippen LogP contribution in [0, 0.1) is 0 Å². The Morgan fingerprint density at radius 2 is 2.05 bits per heavy atom. The summed E-state index contributed by atoms with van der Waals surface area (Å²) in [7, 11) is 0. The average molecular weight is 359 g/mol. The van der Waals surface area contributed by atoms with Gasteiger partial charge in [-0.05, 0) is 37.1 Å². The molecule has 1 atom stereocenters. The van der Waals surface area contributed by atoms with E-state index < -0.39 is 12.6 Å². The maximum absolute atomic E-state index is 12.4. The Labute approximate surface area is 124 Å². The third-order valence-electron chi connectivity index (χ3n) is 2.70. The molecule has 0 fully saturated rings. The van der Waals surface area contributed by atoms with Crippen molar-refractivity contribution in [2.75, 3.05) is 6.54 Å². The molecule has 0 bridgehead atoms. The molecular formula is C13H16BrClF3N. The average Bonchev–Trinajstić information content (AvgIpc) is 2.29. The molecule has 0 aliphatic carbocycles. The number of alkyl halides is 3. The third-order valence-corrected chi connectivity index (χ3v) is 3.52. The summed E-state index contributed by atoms with van der Waals surface area (Å²) in [6.07, 6.45) is -4.11. The smallest absolute Gasteiger partial charge is 0.310 e. The predicted octanol–water partition coefficient (Wildman–Crippen LogP) is 5.49. The first-order chi connectivity index (χ1) is 8.83. The van der Waals surface area contributed by atoms with E-state index in [1.807, 2.05) is 6.92 Å². The molecule has 0 aliphatic rings. The van der Waals surface area contributed by atoms with Crippen LogP contribution in [0.2, 0.25) is 5.02 Å². The van der Waals surface area contributed by atoms with Gasteiger partial charge in [-0.15, -0.1) is 0 Å². The van der Waals surface area contributed by atoms with Crippen molar-refractivity contribution in [3.8, 4) is 0 Å². The summed E-state index contributed by atoms with van der Waals surface area (Å²) in [4.78, 5) is 0. The van der Waals surface area contributed by atoms with Crippen molar-refractivity contribution in [1.29, 1.82) is 0 Å². The monoisotopic (exact) mass is 357 g/mol. The van der Waals surface area contributed by atoms with Crippen LogP contribution in [-0.2, 0) is 0 Å². The van der Waals surface area contributed by atoms with Gasteiger partial charge in [0.15, 0.2) is 0 Å². The molecule has 6 heteroatoms. The van der Waals surface area contributed by atoms with Crippen molar-refractivity contribution < 1.29 is 13.2 Å². The maximum Gasteiger partial charge on any atom is 0.389 e. The first kappa shape index (κ1) is 16.8. The lowest BCUT2D eigenvalue weighted by Crippen LogP contribution is -2.24. The molecule has 0 aromatic heterocycles. The topological polar surface area (TPSA) is 12.0 Å². The van der Waals surface area contributed by atoms with E-state index in [0.29, 0.717) is 17.1 Å². The van der Waals surface area contributed by atoms with Crippen LogP contribution >= 0.6 is 27.5 Å². The lowest BCUT2D eigenvalue weighted by molar-refractivity contribution is -0.136. The molecule has 0 amide bonds. The van der Waals surface area contributed by atoms with Gasteiger partial charge >= 0.3 is 6.18 Å². The van der Waals surface area contributed by atoms with Gasteiger partial charge < -0.3 is 5.32 Å². The Balaban J connectivity index is 2.83. The van der Waals surface area contributed by atoms with Crippen LogP contribution in [0.25, 0.3) is 0 Å². The molecule has 1 nitrogen and oxygen atoms in total. The number of rotatable bonds is 6. The zero-order chi connectivity index (χ0) is 14.5. The summed E-state index contributed by atoms with van der Waals surface area (Å²) in [6.45, 7) is 2.63. The van der Waals surface area contributed by atoms with Crippen molar-refractivity contribution in [2.24, 2.45) is 0 Å². The van der Waals surface area contributed by atoms with Crippen LogP contribution in [0.15, 0.2) is 22.7 Å². The van der Waals surface area contributed by atoms with E-state index in [2.05, 4.69) is 21.2 Å². The van der Waals surface area contributed by atoms with E-state index in [1.165, 1.54) is 0 Å². The van der Waals surface area contributed by atoms with Gasteiger partial charge in [0.2, 0.25) is 0 Å². The highest BCUT2D eigenvalue weighted by Gasteiger charge is 2.29. The van der Waals surface area contributed by atoms with E-state index in [1.54, 1.807) is 18.2 Å². The normalized spacial score (nSPS) is 13.6. The standard InChI is InChI=1S/C13H16BrClF3N/c1-2-7-19-12(5-6-13(16,17)18)10-4-3-9(14)8-11(10)15/h3-4,8,12,19H,2,5-7H2,1H3. The lowest BCUT2D eigenvalue weighted by Gasteiger charge is -2.21. The van der Waals surface area contributed by atoms with Crippen molar-refractivity contribution in [3.63, 3.8) is 0 Å². The maximum atomic E-state index is 12.4. The Hall–Kier alpha value is -0.260. The number of halogens is 5. The quantitative estimate of drug-likeness (QED) is 0.709. The van der Waals surface area contributed by atoms with E-state index in [0.717, 1.165) is 10.9 Å². The number of hydrogen-bond acceptors (Lipinski definition) is 1. The summed E-state index contributed by atoms with van der Waals surface area (Å²) in [5.41, 5.74) is 0.711. The lowest BCUT2D eigenvalue weighted by atomic mass is 10.0. The highest BCUT2D eigenvalue weighted by atomic mass is 79.9. The van der Waals surface area contributed by atoms with E-state index in [4.69, 9.17) is 11.6 Å². The van der Waals surface area contributed by atoms with Crippen LogP contribution in [0.5, 0.6) is 0 Å². The minimum absolute atomic E-state index is 0.00908. The Morgan fingerprint density at radius 1 is 1.37 bits per heavy atom. The Kier molecular flexibility index (Phi) is 6.63. The van der Waals surface area contributed by atoms with Crippen molar-refractivity contribution in [2.45, 2.75) is 38.4 Å². The van der Waals surface area contributed by atoms with Gasteiger partial charge in [0.25, 0.3) is 0 Å². The number of hydrogen-bond donors (Lipinski definition) is 1. The highest BCUT2D eigenvalue weighted by Crippen LogP contribution is 2.32. The second-order valence-corrected chi connectivity index (χ2v) is 5.65. The fourth-order valence-corrected chi connectivity index (χ4v) is 2.58. The minimum Gasteiger partial charge on any atom is -0.310 e. The Bertz CT molecular complexity index is 409. The van der Waals surface area contributed by atoms with Crippen LogP contribution in [0.4, 0.5) is 13.2 Å². The predicted molar refractivity (Wildman–Crippen MR) is 75.5 cm³/mol. The van der Waals surface area contributed by atoms with Gasteiger partial charge in [-0.25, -0.2) is 0 Å². The first-order valence-electron chi connectivity index (χ1n) is 6.08. The molecule has 0 radical (unpaired) electrons. The van der Waals surface area contributed by atoms with E-state index in [-0.39, 0.29) is 12.5 Å². The fraction of sp³-hybridized carbons (Fsp3) is 0.538. The van der Waals surface area contributed by atoms with Crippen LogP contribution < -0.4 is 5.32 Å². The third kappa shape index (κ3) is 6.15. The summed E-state index contributed by atoms with van der Waals surface area (Å²) < 4.78 is 37.9. The molecule has 1 rings (SSSR count). The molecular weight excluding hydrogens is 343 g/mol. The SMILES string of the molecule is CCCNC(CCC(F)(F)F)c1ccc(Br)cc1Cl. The summed E-state index contributed by atoms with van der Waals surface area (Å²) >= 11 is 9.39. The van der Waals surface area contributed by atoms with Crippen LogP contribution in [0.3, 0.4) is 0 Å². The molecule has 0 aliphatic heterocycles. The molecule has 0 spiro atoms. The summed E-state index contributed by atoms with van der Waals surface area (Å²) in [6, 6.07) is 4.87. The second kappa shape index (κ2) is 7.50. The Morgan fingerprint density at radius 3 is 2.58 bits per heavy atom. The van der Waals surface area contributed by atoms with Gasteiger partial charge in [0, 0.05) is 22.0 Å². The summed E-state index contributed by atoms with van der Waals surface area (Å²) in [5.74, 6) is 0. The van der Waals surface area contributed by atoms with Crippen molar-refractivity contribution in [3.05, 3.63) is 33.3 Å². The molecule has 19 heavy (non-hydrogen) atoms. The zero-order valence-electron chi connectivity index (χ0n) is 10.5. The highest BCUT2D eigenvalue weighted by molar-refractivity contribution is 9.10. The zero-order valence-corrected chi connectivity index (χ0v) is 12.9. The molecule has 1 unspecified atom stereocenters. The largest absolute Gasteiger partial charge is 0.389 e. The molecule has 0 saturated carbocycles. The molecule has 108 valence electrons. The van der Waals surface area contributed by atoms with Crippen LogP contribution in [0.1, 0.15) is 37.8 Å². The molecule has 1 aromatic carbocycles. The fourth-order valence-electron chi connectivity index (χ4n) is 1.78. The molecule has 0 heterocycles. The second-order valence-electron chi connectivity index (χ2n) is 4.33. The van der Waals surface area contributed by atoms with Gasteiger partial charge in [0.05, 0.1) is 0 Å². The minimum atomic E-state index is -4.14. The molecule has 0 saturated heterocycles. The summed E-state index contributed by atoms with van der Waals surface area (Å²) in [5, 5.41) is 3.60. The van der Waals surface area contributed by atoms with Crippen molar-refractivity contribution >= 4 is 27.5 Å². The van der Waals surface area contributed by atoms with E-state index >= 15 is 0 Å². The van der Waals surface area contributed by atoms with Gasteiger partial charge in [0.1, 0.15) is 0 Å². The molecule has 1 aromatic rings. The molecule has 1 N–H and O–H groups in total. The number of benzene rings is 1. The van der Waals surface area contributed by atoms with Crippen LogP contribution in [-0.4, -0.2) is 12.7 Å². The van der Waals surface area contributed by atoms with Gasteiger partial charge in [-0.2, -0.15) is 13.2 Å². The first-order valence-corrected chi connectivity index (χ1v) is 7.25. The van der Waals surface area contributed by atoms with Gasteiger partial charge in [-0.1, -0.05) is 40.5 Å². The van der Waals surface area contributed by atoms with Gasteiger partial charge in [-0.3, -0.25) is 0 Å². The van der Waals surface area contributed by atoms with E-state index in [9.17, 15) is 13.2 Å². The van der Waals surface area contributed by atoms with Crippen molar-refractivity contribution in [1.82, 2.24) is 5.32 Å². The number of nitrogens with one attached hydrogen (secondary N) is 1.